The fourth-order valence-electron chi connectivity index (χ4n) is 4.65. The molecule has 1 heterocycles. The molecule has 1 amide bonds. The monoisotopic (exact) mass is 401 g/mol. The van der Waals surface area contributed by atoms with Gasteiger partial charge in [-0.05, 0) is 62.0 Å². The van der Waals surface area contributed by atoms with Crippen molar-refractivity contribution in [3.63, 3.8) is 0 Å². The third-order valence-corrected chi connectivity index (χ3v) is 6.09. The maximum absolute atomic E-state index is 13.0. The molecule has 0 spiro atoms. The predicted octanol–water partition coefficient (Wildman–Crippen LogP) is 4.20. The number of nitrogens with zero attached hydrogens (tertiary/aromatic N) is 1. The van der Waals surface area contributed by atoms with Gasteiger partial charge in [0.25, 0.3) is 0 Å². The summed E-state index contributed by atoms with van der Waals surface area (Å²) >= 11 is 0. The zero-order valence-corrected chi connectivity index (χ0v) is 17.6. The molecular weight excluding hydrogens is 369 g/mol. The SMILES string of the molecule is Cc1cccnc1C(NC(=O)C1CC2CCCC(C1)C2N)C(C)C.Cl.Cl. The van der Waals surface area contributed by atoms with Crippen molar-refractivity contribution >= 4 is 30.7 Å². The van der Waals surface area contributed by atoms with Crippen LogP contribution in [0.1, 0.15) is 63.3 Å². The first-order chi connectivity index (χ1) is 11.5. The van der Waals surface area contributed by atoms with Crippen LogP contribution in [0, 0.1) is 30.6 Å². The zero-order valence-electron chi connectivity index (χ0n) is 16.0. The van der Waals surface area contributed by atoms with Gasteiger partial charge in [-0.2, -0.15) is 0 Å². The Labute approximate surface area is 169 Å². The van der Waals surface area contributed by atoms with Gasteiger partial charge in [0.05, 0.1) is 11.7 Å². The van der Waals surface area contributed by atoms with E-state index in [0.717, 1.165) is 24.1 Å². The summed E-state index contributed by atoms with van der Waals surface area (Å²) in [5, 5.41) is 3.31. The number of nitrogens with one attached hydrogen (secondary N) is 1. The average Bonchev–Trinajstić information content (AvgIpc) is 2.52. The van der Waals surface area contributed by atoms with Crippen molar-refractivity contribution in [1.29, 1.82) is 0 Å². The van der Waals surface area contributed by atoms with Gasteiger partial charge in [0.2, 0.25) is 5.91 Å². The number of hydrogen-bond donors (Lipinski definition) is 2. The van der Waals surface area contributed by atoms with Crippen molar-refractivity contribution in [2.24, 2.45) is 29.4 Å². The van der Waals surface area contributed by atoms with E-state index >= 15 is 0 Å². The van der Waals surface area contributed by atoms with Crippen molar-refractivity contribution < 1.29 is 4.79 Å². The molecule has 0 aromatic carbocycles. The molecule has 4 nitrogen and oxygen atoms in total. The molecule has 3 unspecified atom stereocenters. The summed E-state index contributed by atoms with van der Waals surface area (Å²) in [6.07, 6.45) is 7.38. The molecule has 3 rings (SSSR count). The maximum Gasteiger partial charge on any atom is 0.223 e. The van der Waals surface area contributed by atoms with E-state index in [2.05, 4.69) is 37.1 Å². The molecule has 26 heavy (non-hydrogen) atoms. The van der Waals surface area contributed by atoms with Gasteiger partial charge in [0.15, 0.2) is 0 Å². The van der Waals surface area contributed by atoms with E-state index in [4.69, 9.17) is 5.73 Å². The summed E-state index contributed by atoms with van der Waals surface area (Å²) in [4.78, 5) is 17.5. The molecule has 3 N–H and O–H groups in total. The first kappa shape index (κ1) is 23.2. The minimum Gasteiger partial charge on any atom is -0.347 e. The molecule has 3 atom stereocenters. The molecule has 0 radical (unpaired) electrons. The number of nitrogens with two attached hydrogens (primary N) is 1. The van der Waals surface area contributed by atoms with E-state index in [-0.39, 0.29) is 42.7 Å². The number of amides is 1. The van der Waals surface area contributed by atoms with Gasteiger partial charge in [-0.25, -0.2) is 0 Å². The molecule has 0 saturated heterocycles. The van der Waals surface area contributed by atoms with Gasteiger partial charge in [-0.1, -0.05) is 26.3 Å². The topological polar surface area (TPSA) is 68.0 Å². The summed E-state index contributed by atoms with van der Waals surface area (Å²) in [5.74, 6) is 1.69. The van der Waals surface area contributed by atoms with Crippen LogP contribution in [0.5, 0.6) is 0 Å². The van der Waals surface area contributed by atoms with Crippen LogP contribution in [0.3, 0.4) is 0 Å². The highest BCUT2D eigenvalue weighted by Crippen LogP contribution is 2.42. The number of aryl methyl sites for hydroxylation is 1. The van der Waals surface area contributed by atoms with E-state index in [9.17, 15) is 4.79 Å². The standard InChI is InChI=1S/C20H31N3O.2ClH/c1-12(2)18(19-13(3)6-5-9-22-19)23-20(24)16-10-14-7-4-8-15(11-16)17(14)21;;/h5-6,9,12,14-18H,4,7-8,10-11,21H2,1-3H3,(H,23,24);2*1H. The molecule has 148 valence electrons. The van der Waals surface area contributed by atoms with E-state index in [1.165, 1.54) is 19.3 Å². The highest BCUT2D eigenvalue weighted by atomic mass is 35.5. The van der Waals surface area contributed by atoms with Crippen LogP contribution in [-0.2, 0) is 4.79 Å². The first-order valence-electron chi connectivity index (χ1n) is 9.44. The molecule has 2 aliphatic carbocycles. The summed E-state index contributed by atoms with van der Waals surface area (Å²) in [6.45, 7) is 6.35. The number of hydrogen-bond acceptors (Lipinski definition) is 3. The van der Waals surface area contributed by atoms with E-state index in [1.54, 1.807) is 0 Å². The number of pyridine rings is 1. The highest BCUT2D eigenvalue weighted by molar-refractivity contribution is 5.85. The zero-order chi connectivity index (χ0) is 17.3. The summed E-state index contributed by atoms with van der Waals surface area (Å²) in [6, 6.07) is 4.30. The molecular formula is C20H33Cl2N3O. The van der Waals surface area contributed by atoms with Crippen LogP contribution in [0.15, 0.2) is 18.3 Å². The second-order valence-electron chi connectivity index (χ2n) is 8.13. The van der Waals surface area contributed by atoms with Gasteiger partial charge >= 0.3 is 0 Å². The number of fused-ring (bicyclic) bond motifs is 2. The average molecular weight is 402 g/mol. The summed E-state index contributed by atoms with van der Waals surface area (Å²) < 4.78 is 0. The Morgan fingerprint density at radius 3 is 2.38 bits per heavy atom. The van der Waals surface area contributed by atoms with Crippen molar-refractivity contribution in [2.45, 2.75) is 65.0 Å². The summed E-state index contributed by atoms with van der Waals surface area (Å²) in [7, 11) is 0. The lowest BCUT2D eigenvalue weighted by molar-refractivity contribution is -0.129. The van der Waals surface area contributed by atoms with Crippen LogP contribution in [-0.4, -0.2) is 16.9 Å². The number of rotatable bonds is 4. The Morgan fingerprint density at radius 1 is 1.23 bits per heavy atom. The van der Waals surface area contributed by atoms with Crippen molar-refractivity contribution in [3.05, 3.63) is 29.6 Å². The third-order valence-electron chi connectivity index (χ3n) is 6.09. The van der Waals surface area contributed by atoms with Crippen LogP contribution in [0.2, 0.25) is 0 Å². The molecule has 0 aliphatic heterocycles. The van der Waals surface area contributed by atoms with Crippen molar-refractivity contribution in [3.8, 4) is 0 Å². The fourth-order valence-corrected chi connectivity index (χ4v) is 4.65. The third kappa shape index (κ3) is 4.90. The molecule has 2 aliphatic rings. The number of carbonyl (C=O) groups excluding carboxylic acids is 1. The van der Waals surface area contributed by atoms with Crippen LogP contribution in [0.25, 0.3) is 0 Å². The maximum atomic E-state index is 13.0. The Bertz CT molecular complexity index is 582. The predicted molar refractivity (Wildman–Crippen MR) is 111 cm³/mol. The van der Waals surface area contributed by atoms with Gasteiger partial charge < -0.3 is 11.1 Å². The van der Waals surface area contributed by atoms with E-state index in [1.807, 2.05) is 12.3 Å². The van der Waals surface area contributed by atoms with E-state index in [0.29, 0.717) is 23.8 Å². The van der Waals surface area contributed by atoms with Gasteiger partial charge in [-0.3, -0.25) is 9.78 Å². The minimum absolute atomic E-state index is 0. The lowest BCUT2D eigenvalue weighted by atomic mass is 9.65. The second kappa shape index (κ2) is 9.91. The normalized spacial score (nSPS) is 28.5. The van der Waals surface area contributed by atoms with Gasteiger partial charge in [-0.15, -0.1) is 24.8 Å². The van der Waals surface area contributed by atoms with Crippen molar-refractivity contribution in [2.75, 3.05) is 0 Å². The molecule has 2 bridgehead atoms. The summed E-state index contributed by atoms with van der Waals surface area (Å²) in [5.41, 5.74) is 8.50. The lowest BCUT2D eigenvalue weighted by Gasteiger charge is -2.43. The minimum atomic E-state index is -0.0193. The molecule has 2 fully saturated rings. The Morgan fingerprint density at radius 2 is 1.85 bits per heavy atom. The second-order valence-corrected chi connectivity index (χ2v) is 8.13. The van der Waals surface area contributed by atoms with Crippen LogP contribution in [0.4, 0.5) is 0 Å². The largest absolute Gasteiger partial charge is 0.347 e. The van der Waals surface area contributed by atoms with Gasteiger partial charge in [0, 0.05) is 18.2 Å². The van der Waals surface area contributed by atoms with Crippen LogP contribution < -0.4 is 11.1 Å². The lowest BCUT2D eigenvalue weighted by Crippen LogP contribution is -2.49. The highest BCUT2D eigenvalue weighted by Gasteiger charge is 2.41. The smallest absolute Gasteiger partial charge is 0.223 e. The quantitative estimate of drug-likeness (QED) is 0.793. The molecule has 1 aromatic heterocycles. The van der Waals surface area contributed by atoms with E-state index < -0.39 is 0 Å². The Balaban J connectivity index is 0.00000169. The molecule has 1 aromatic rings. The molecule has 6 heteroatoms. The Hall–Kier alpha value is -0.840. The number of halogens is 2. The Kier molecular flexibility index (Phi) is 8.84. The molecule has 2 saturated carbocycles. The first-order valence-corrected chi connectivity index (χ1v) is 9.44. The van der Waals surface area contributed by atoms with Crippen molar-refractivity contribution in [1.82, 2.24) is 10.3 Å². The van der Waals surface area contributed by atoms with Crippen LogP contribution >= 0.6 is 24.8 Å². The fraction of sp³-hybridized carbons (Fsp3) is 0.700. The van der Waals surface area contributed by atoms with Gasteiger partial charge in [0.1, 0.15) is 0 Å². The number of aromatic nitrogens is 1. The number of carbonyl (C=O) groups is 1.